The maximum Gasteiger partial charge on any atom is 0.119 e. The smallest absolute Gasteiger partial charge is 0.119 e. The minimum atomic E-state index is -0.0258. The Balaban J connectivity index is 1.93. The molecule has 0 spiro atoms. The van der Waals surface area contributed by atoms with Crippen molar-refractivity contribution in [2.24, 2.45) is 0 Å². The molecule has 20 heavy (non-hydrogen) atoms. The normalized spacial score (nSPS) is 18.4. The average Bonchev–Trinajstić information content (AvgIpc) is 2.47. The fourth-order valence-electron chi connectivity index (χ4n) is 1.98. The van der Waals surface area contributed by atoms with E-state index in [1.165, 1.54) is 0 Å². The van der Waals surface area contributed by atoms with E-state index in [2.05, 4.69) is 18.0 Å². The average molecular weight is 294 g/mol. The third kappa shape index (κ3) is 4.02. The standard InChI is InChI=1S/C16H20ClNO2/c1-12-15(17)8-9-16(18-12)13-4-6-14(7-5-13)20-11-3-10-19-2/h4-7,9,15,18H,1,3,8,10-11H2,2H3. The van der Waals surface area contributed by atoms with Crippen molar-refractivity contribution in [3.63, 3.8) is 0 Å². The molecular formula is C16H20ClNO2. The van der Waals surface area contributed by atoms with Crippen molar-refractivity contribution in [1.29, 1.82) is 0 Å². The molecule has 1 atom stereocenters. The second-order valence-corrected chi connectivity index (χ2v) is 5.22. The number of benzene rings is 1. The summed E-state index contributed by atoms with van der Waals surface area (Å²) in [6, 6.07) is 8.01. The summed E-state index contributed by atoms with van der Waals surface area (Å²) in [7, 11) is 1.69. The van der Waals surface area contributed by atoms with Crippen LogP contribution in [0.2, 0.25) is 0 Å². The lowest BCUT2D eigenvalue weighted by Crippen LogP contribution is -2.22. The lowest BCUT2D eigenvalue weighted by atomic mass is 10.1. The Hall–Kier alpha value is -1.45. The SMILES string of the molecule is C=C1NC(c2ccc(OCCCOC)cc2)=CCC1Cl. The van der Waals surface area contributed by atoms with Crippen LogP contribution in [0.1, 0.15) is 18.4 Å². The van der Waals surface area contributed by atoms with E-state index in [1.807, 2.05) is 24.3 Å². The Morgan fingerprint density at radius 2 is 2.05 bits per heavy atom. The van der Waals surface area contributed by atoms with Gasteiger partial charge in [-0.1, -0.05) is 12.7 Å². The maximum absolute atomic E-state index is 6.09. The van der Waals surface area contributed by atoms with E-state index >= 15 is 0 Å². The predicted octanol–water partition coefficient (Wildman–Crippen LogP) is 3.56. The highest BCUT2D eigenvalue weighted by Gasteiger charge is 2.15. The molecule has 1 aromatic rings. The van der Waals surface area contributed by atoms with Gasteiger partial charge >= 0.3 is 0 Å². The van der Waals surface area contributed by atoms with Crippen LogP contribution in [0, 0.1) is 0 Å². The van der Waals surface area contributed by atoms with E-state index in [0.29, 0.717) is 6.61 Å². The molecule has 108 valence electrons. The van der Waals surface area contributed by atoms with Gasteiger partial charge in [0.25, 0.3) is 0 Å². The van der Waals surface area contributed by atoms with E-state index in [-0.39, 0.29) is 5.38 Å². The van der Waals surface area contributed by atoms with E-state index < -0.39 is 0 Å². The molecule has 1 aromatic carbocycles. The maximum atomic E-state index is 6.09. The third-order valence-corrected chi connectivity index (χ3v) is 3.57. The quantitative estimate of drug-likeness (QED) is 0.643. The summed E-state index contributed by atoms with van der Waals surface area (Å²) in [5.74, 6) is 0.871. The van der Waals surface area contributed by atoms with Crippen LogP contribution in [0.3, 0.4) is 0 Å². The molecule has 0 saturated carbocycles. The molecule has 0 bridgehead atoms. The zero-order chi connectivity index (χ0) is 14.4. The molecule has 0 aromatic heterocycles. The first kappa shape index (κ1) is 14.9. The van der Waals surface area contributed by atoms with Crippen molar-refractivity contribution in [1.82, 2.24) is 5.32 Å². The number of nitrogens with one attached hydrogen (secondary N) is 1. The number of ether oxygens (including phenoxy) is 2. The summed E-state index contributed by atoms with van der Waals surface area (Å²) in [5.41, 5.74) is 3.01. The van der Waals surface area contributed by atoms with Crippen LogP contribution in [-0.4, -0.2) is 25.7 Å². The highest BCUT2D eigenvalue weighted by atomic mass is 35.5. The second kappa shape index (κ2) is 7.36. The molecule has 2 rings (SSSR count). The van der Waals surface area contributed by atoms with Gasteiger partial charge in [-0.25, -0.2) is 0 Å². The molecule has 1 unspecified atom stereocenters. The molecule has 1 aliphatic rings. The summed E-state index contributed by atoms with van der Waals surface area (Å²) < 4.78 is 10.6. The fourth-order valence-corrected chi connectivity index (χ4v) is 2.12. The topological polar surface area (TPSA) is 30.5 Å². The van der Waals surface area contributed by atoms with Crippen molar-refractivity contribution in [3.05, 3.63) is 48.2 Å². The molecule has 0 aliphatic carbocycles. The number of methoxy groups -OCH3 is 1. The van der Waals surface area contributed by atoms with Gasteiger partial charge in [0.1, 0.15) is 5.75 Å². The first-order valence-electron chi connectivity index (χ1n) is 6.73. The van der Waals surface area contributed by atoms with E-state index in [1.54, 1.807) is 7.11 Å². The molecule has 1 N–H and O–H groups in total. The van der Waals surface area contributed by atoms with Crippen LogP contribution >= 0.6 is 11.6 Å². The predicted molar refractivity (Wildman–Crippen MR) is 82.9 cm³/mol. The van der Waals surface area contributed by atoms with Crippen LogP contribution in [-0.2, 0) is 4.74 Å². The fraction of sp³-hybridized carbons (Fsp3) is 0.375. The highest BCUT2D eigenvalue weighted by Crippen LogP contribution is 2.25. The minimum Gasteiger partial charge on any atom is -0.494 e. The van der Waals surface area contributed by atoms with Crippen LogP contribution in [0.5, 0.6) is 5.75 Å². The first-order valence-corrected chi connectivity index (χ1v) is 7.16. The number of allylic oxidation sites excluding steroid dienone is 2. The number of halogens is 1. The van der Waals surface area contributed by atoms with E-state index in [4.69, 9.17) is 21.1 Å². The van der Waals surface area contributed by atoms with Crippen molar-refractivity contribution in [3.8, 4) is 5.75 Å². The largest absolute Gasteiger partial charge is 0.494 e. The van der Waals surface area contributed by atoms with Gasteiger partial charge in [0.2, 0.25) is 0 Å². The summed E-state index contributed by atoms with van der Waals surface area (Å²) in [5, 5.41) is 3.21. The highest BCUT2D eigenvalue weighted by molar-refractivity contribution is 6.22. The van der Waals surface area contributed by atoms with Crippen LogP contribution in [0.4, 0.5) is 0 Å². The Kier molecular flexibility index (Phi) is 5.50. The minimum absolute atomic E-state index is 0.0258. The zero-order valence-electron chi connectivity index (χ0n) is 11.7. The van der Waals surface area contributed by atoms with Crippen molar-refractivity contribution in [2.75, 3.05) is 20.3 Å². The molecule has 3 nitrogen and oxygen atoms in total. The van der Waals surface area contributed by atoms with Crippen molar-refractivity contribution in [2.45, 2.75) is 18.2 Å². The van der Waals surface area contributed by atoms with Gasteiger partial charge in [-0.15, -0.1) is 11.6 Å². The molecule has 0 fully saturated rings. The lowest BCUT2D eigenvalue weighted by Gasteiger charge is -2.22. The summed E-state index contributed by atoms with van der Waals surface area (Å²) >= 11 is 6.09. The van der Waals surface area contributed by atoms with Crippen LogP contribution in [0.25, 0.3) is 5.70 Å². The van der Waals surface area contributed by atoms with Crippen LogP contribution < -0.4 is 10.1 Å². The molecule has 0 saturated heterocycles. The summed E-state index contributed by atoms with van der Waals surface area (Å²) in [6.45, 7) is 5.31. The van der Waals surface area contributed by atoms with Gasteiger partial charge in [0, 0.05) is 31.5 Å². The van der Waals surface area contributed by atoms with Gasteiger partial charge in [-0.3, -0.25) is 0 Å². The first-order chi connectivity index (χ1) is 9.70. The molecular weight excluding hydrogens is 274 g/mol. The Labute approximate surface area is 125 Å². The number of hydrogen-bond donors (Lipinski definition) is 1. The monoisotopic (exact) mass is 293 g/mol. The van der Waals surface area contributed by atoms with Crippen molar-refractivity contribution >= 4 is 17.3 Å². The number of alkyl halides is 1. The number of hydrogen-bond acceptors (Lipinski definition) is 3. The summed E-state index contributed by atoms with van der Waals surface area (Å²) in [6.07, 6.45) is 3.79. The van der Waals surface area contributed by atoms with Crippen LogP contribution in [0.15, 0.2) is 42.6 Å². The Bertz CT molecular complexity index is 482. The van der Waals surface area contributed by atoms with Gasteiger partial charge in [0.05, 0.1) is 12.0 Å². The Morgan fingerprint density at radius 3 is 2.70 bits per heavy atom. The van der Waals surface area contributed by atoms with Gasteiger partial charge in [0.15, 0.2) is 0 Å². The molecule has 0 radical (unpaired) electrons. The van der Waals surface area contributed by atoms with E-state index in [0.717, 1.165) is 42.2 Å². The van der Waals surface area contributed by atoms with Gasteiger partial charge in [-0.05, 0) is 36.2 Å². The molecule has 0 amide bonds. The van der Waals surface area contributed by atoms with E-state index in [9.17, 15) is 0 Å². The second-order valence-electron chi connectivity index (χ2n) is 4.69. The Morgan fingerprint density at radius 1 is 1.30 bits per heavy atom. The van der Waals surface area contributed by atoms with Gasteiger partial charge < -0.3 is 14.8 Å². The third-order valence-electron chi connectivity index (χ3n) is 3.13. The lowest BCUT2D eigenvalue weighted by molar-refractivity contribution is 0.172. The van der Waals surface area contributed by atoms with Gasteiger partial charge in [-0.2, -0.15) is 0 Å². The summed E-state index contributed by atoms with van der Waals surface area (Å²) in [4.78, 5) is 0. The molecule has 4 heteroatoms. The van der Waals surface area contributed by atoms with Crippen molar-refractivity contribution < 1.29 is 9.47 Å². The number of rotatable bonds is 6. The molecule has 1 heterocycles. The molecule has 1 aliphatic heterocycles. The zero-order valence-corrected chi connectivity index (χ0v) is 12.5.